The van der Waals surface area contributed by atoms with Crippen molar-refractivity contribution in [2.45, 2.75) is 167 Å². The number of phosphoric acid groups is 1. The maximum Gasteiger partial charge on any atom is 0.472 e. The third kappa shape index (κ3) is 32.8. The van der Waals surface area contributed by atoms with Crippen molar-refractivity contribution in [3.63, 3.8) is 0 Å². The number of phosphoric ester groups is 1. The maximum atomic E-state index is 12.5. The van der Waals surface area contributed by atoms with Crippen molar-refractivity contribution < 1.29 is 47.8 Å². The molecule has 3 N–H and O–H groups in total. The van der Waals surface area contributed by atoms with Crippen molar-refractivity contribution in [1.29, 1.82) is 0 Å². The summed E-state index contributed by atoms with van der Waals surface area (Å²) in [5, 5.41) is 18.2. The fourth-order valence-corrected chi connectivity index (χ4v) is 5.52. The predicted octanol–water partition coefficient (Wildman–Crippen LogP) is 8.66. The van der Waals surface area contributed by atoms with Crippen molar-refractivity contribution in [1.82, 2.24) is 0 Å². The van der Waals surface area contributed by atoms with Crippen LogP contribution >= 0.6 is 7.82 Å². The number of carbonyl (C=O) groups excluding carboxylic acids is 2. The third-order valence-corrected chi connectivity index (χ3v) is 8.56. The van der Waals surface area contributed by atoms with Crippen LogP contribution in [0.3, 0.4) is 0 Å². The topological polar surface area (TPSA) is 149 Å². The number of rotatable bonds is 34. The Bertz CT molecular complexity index is 848. The molecule has 0 spiro atoms. The Morgan fingerprint density at radius 1 is 0.638 bits per heavy atom. The first-order chi connectivity index (χ1) is 22.7. The van der Waals surface area contributed by atoms with Gasteiger partial charge < -0.3 is 24.6 Å². The van der Waals surface area contributed by atoms with Crippen molar-refractivity contribution >= 4 is 19.8 Å². The molecule has 0 amide bonds. The molecule has 0 aromatic heterocycles. The largest absolute Gasteiger partial charge is 0.472 e. The molecule has 0 aliphatic carbocycles. The highest BCUT2D eigenvalue weighted by atomic mass is 31.2. The van der Waals surface area contributed by atoms with Crippen LogP contribution in [0.1, 0.15) is 155 Å². The van der Waals surface area contributed by atoms with E-state index in [4.69, 9.17) is 19.1 Å². The Morgan fingerprint density at radius 2 is 1.11 bits per heavy atom. The summed E-state index contributed by atoms with van der Waals surface area (Å²) in [5.74, 6) is -0.941. The Balaban J connectivity index is 4.32. The van der Waals surface area contributed by atoms with E-state index in [0.717, 1.165) is 57.8 Å². The Morgan fingerprint density at radius 3 is 1.68 bits per heavy atom. The van der Waals surface area contributed by atoms with E-state index < -0.39 is 51.8 Å². The van der Waals surface area contributed by atoms with Gasteiger partial charge in [0.25, 0.3) is 0 Å². The van der Waals surface area contributed by atoms with Gasteiger partial charge in [-0.25, -0.2) is 4.57 Å². The quantitative estimate of drug-likeness (QED) is 0.0259. The van der Waals surface area contributed by atoms with Crippen LogP contribution in [-0.4, -0.2) is 65.7 Å². The summed E-state index contributed by atoms with van der Waals surface area (Å²) in [6.07, 6.45) is 28.8. The van der Waals surface area contributed by atoms with E-state index in [2.05, 4.69) is 42.7 Å². The smallest absolute Gasteiger partial charge is 0.462 e. The lowest BCUT2D eigenvalue weighted by molar-refractivity contribution is -0.161. The normalized spacial score (nSPS) is 14.4. The number of ether oxygens (including phenoxy) is 2. The van der Waals surface area contributed by atoms with Gasteiger partial charge in [-0.1, -0.05) is 122 Å². The van der Waals surface area contributed by atoms with E-state index in [9.17, 15) is 24.2 Å². The standard InChI is InChI=1S/C36H67O10P/c1-3-5-7-9-11-12-13-14-15-16-17-18-19-20-22-24-26-28-36(40)46-34(32-45-47(41,42)44-30-33(38)29-37)31-43-35(39)27-25-23-21-10-8-6-4-2/h11-12,14-15,33-34,37-38H,3-10,13,16-32H2,1-2H3,(H,41,42)/b12-11-,15-14-. The molecule has 276 valence electrons. The summed E-state index contributed by atoms with van der Waals surface area (Å²) < 4.78 is 32.4. The van der Waals surface area contributed by atoms with Crippen molar-refractivity contribution in [2.75, 3.05) is 26.4 Å². The molecule has 0 aromatic rings. The molecule has 0 radical (unpaired) electrons. The average Bonchev–Trinajstić information content (AvgIpc) is 3.05. The molecule has 0 rings (SSSR count). The van der Waals surface area contributed by atoms with Gasteiger partial charge in [-0.2, -0.15) is 0 Å². The van der Waals surface area contributed by atoms with Crippen LogP contribution in [0.5, 0.6) is 0 Å². The molecule has 0 heterocycles. The minimum atomic E-state index is -4.60. The molecule has 0 fully saturated rings. The number of carbonyl (C=O) groups is 2. The maximum absolute atomic E-state index is 12.5. The van der Waals surface area contributed by atoms with Crippen LogP contribution in [0, 0.1) is 0 Å². The SMILES string of the molecule is CCCCC/C=C\C/C=C\CCCCCCCCCC(=O)OC(COC(=O)CCCCCCCCC)COP(=O)(O)OCC(O)CO. The zero-order valence-electron chi connectivity index (χ0n) is 29.5. The molecular weight excluding hydrogens is 623 g/mol. The molecule has 0 aliphatic heterocycles. The number of allylic oxidation sites excluding steroid dienone is 4. The number of hydrogen-bond acceptors (Lipinski definition) is 9. The Hall–Kier alpha value is -1.55. The number of hydrogen-bond donors (Lipinski definition) is 3. The van der Waals surface area contributed by atoms with E-state index in [1.807, 2.05) is 0 Å². The zero-order valence-corrected chi connectivity index (χ0v) is 30.4. The van der Waals surface area contributed by atoms with E-state index in [-0.39, 0.29) is 19.4 Å². The first-order valence-corrected chi connectivity index (χ1v) is 19.8. The summed E-state index contributed by atoms with van der Waals surface area (Å²) in [5.41, 5.74) is 0. The number of aliphatic hydroxyl groups excluding tert-OH is 2. The molecule has 0 bridgehead atoms. The van der Waals surface area contributed by atoms with Crippen LogP contribution in [0.25, 0.3) is 0 Å². The summed E-state index contributed by atoms with van der Waals surface area (Å²) in [6.45, 7) is 2.27. The molecule has 0 saturated carbocycles. The van der Waals surface area contributed by atoms with Gasteiger partial charge >= 0.3 is 19.8 Å². The molecule has 3 atom stereocenters. The fourth-order valence-electron chi connectivity index (χ4n) is 4.73. The Kier molecular flexibility index (Phi) is 31.9. The highest BCUT2D eigenvalue weighted by Gasteiger charge is 2.27. The van der Waals surface area contributed by atoms with Crippen LogP contribution in [0.4, 0.5) is 0 Å². The van der Waals surface area contributed by atoms with Crippen molar-refractivity contribution in [2.24, 2.45) is 0 Å². The van der Waals surface area contributed by atoms with Crippen LogP contribution < -0.4 is 0 Å². The number of aliphatic hydroxyl groups is 2. The van der Waals surface area contributed by atoms with Crippen LogP contribution in [-0.2, 0) is 32.7 Å². The first kappa shape index (κ1) is 45.5. The summed E-state index contributed by atoms with van der Waals surface area (Å²) in [7, 11) is -4.60. The predicted molar refractivity (Wildman–Crippen MR) is 187 cm³/mol. The van der Waals surface area contributed by atoms with E-state index in [1.54, 1.807) is 0 Å². The molecule has 3 unspecified atom stereocenters. The zero-order chi connectivity index (χ0) is 34.9. The molecular formula is C36H67O10P. The third-order valence-electron chi connectivity index (χ3n) is 7.61. The van der Waals surface area contributed by atoms with Gasteiger partial charge in [0.15, 0.2) is 6.10 Å². The lowest BCUT2D eigenvalue weighted by atomic mass is 10.1. The monoisotopic (exact) mass is 690 g/mol. The van der Waals surface area contributed by atoms with Crippen molar-refractivity contribution in [3.05, 3.63) is 24.3 Å². The van der Waals surface area contributed by atoms with E-state index in [0.29, 0.717) is 12.8 Å². The van der Waals surface area contributed by atoms with Gasteiger partial charge in [0.05, 0.1) is 19.8 Å². The van der Waals surface area contributed by atoms with Gasteiger partial charge in [0.2, 0.25) is 0 Å². The van der Waals surface area contributed by atoms with Gasteiger partial charge in [0, 0.05) is 12.8 Å². The lowest BCUT2D eigenvalue weighted by Gasteiger charge is -2.20. The summed E-state index contributed by atoms with van der Waals surface area (Å²) >= 11 is 0. The van der Waals surface area contributed by atoms with Gasteiger partial charge in [-0.15, -0.1) is 0 Å². The Labute approximate surface area is 285 Å². The van der Waals surface area contributed by atoms with E-state index in [1.165, 1.54) is 57.8 Å². The molecule has 10 nitrogen and oxygen atoms in total. The van der Waals surface area contributed by atoms with Crippen LogP contribution in [0.15, 0.2) is 24.3 Å². The molecule has 47 heavy (non-hydrogen) atoms. The van der Waals surface area contributed by atoms with Gasteiger partial charge in [0.1, 0.15) is 12.7 Å². The average molecular weight is 691 g/mol. The minimum absolute atomic E-state index is 0.177. The second-order valence-corrected chi connectivity index (χ2v) is 13.7. The first-order valence-electron chi connectivity index (χ1n) is 18.3. The molecule has 11 heteroatoms. The summed E-state index contributed by atoms with van der Waals surface area (Å²) in [4.78, 5) is 34.6. The number of unbranched alkanes of at least 4 members (excludes halogenated alkanes) is 16. The molecule has 0 aliphatic rings. The second-order valence-electron chi connectivity index (χ2n) is 12.3. The highest BCUT2D eigenvalue weighted by Crippen LogP contribution is 2.43. The number of esters is 2. The van der Waals surface area contributed by atoms with Crippen molar-refractivity contribution in [3.8, 4) is 0 Å². The van der Waals surface area contributed by atoms with E-state index >= 15 is 0 Å². The fraction of sp³-hybridized carbons (Fsp3) is 0.833. The molecule has 0 saturated heterocycles. The van der Waals surface area contributed by atoms with Crippen LogP contribution in [0.2, 0.25) is 0 Å². The second kappa shape index (κ2) is 33.0. The van der Waals surface area contributed by atoms with Gasteiger partial charge in [-0.3, -0.25) is 18.6 Å². The summed E-state index contributed by atoms with van der Waals surface area (Å²) in [6, 6.07) is 0. The minimum Gasteiger partial charge on any atom is -0.462 e. The highest BCUT2D eigenvalue weighted by molar-refractivity contribution is 7.47. The van der Waals surface area contributed by atoms with Gasteiger partial charge in [-0.05, 0) is 44.9 Å². The lowest BCUT2D eigenvalue weighted by Crippen LogP contribution is -2.29. The molecule has 0 aromatic carbocycles.